The molecule has 0 radical (unpaired) electrons. The Bertz CT molecular complexity index is 1150. The first-order valence-electron chi connectivity index (χ1n) is 16.5. The average molecular weight is 607 g/mol. The largest absolute Gasteiger partial charge is 0.494 e. The molecule has 0 atom stereocenters. The molecule has 1 saturated carbocycles. The Balaban J connectivity index is 1.40. The molecule has 7 nitrogen and oxygen atoms in total. The summed E-state index contributed by atoms with van der Waals surface area (Å²) in [6.07, 6.45) is 17.9. The molecule has 0 saturated heterocycles. The number of carbonyl (C=O) groups excluding carboxylic acids is 3. The molecular weight excluding hydrogens is 556 g/mol. The molecule has 0 bridgehead atoms. The van der Waals surface area contributed by atoms with E-state index in [0.29, 0.717) is 36.7 Å². The molecule has 2 aromatic rings. The minimum atomic E-state index is -0.592. The lowest BCUT2D eigenvalue weighted by molar-refractivity contribution is -0.140. The smallest absolute Gasteiger partial charge is 0.343 e. The first kappa shape index (κ1) is 35.0. The van der Waals surface area contributed by atoms with Crippen LogP contribution in [-0.2, 0) is 9.53 Å². The summed E-state index contributed by atoms with van der Waals surface area (Å²) in [7, 11) is 0. The van der Waals surface area contributed by atoms with E-state index < -0.39 is 5.97 Å². The van der Waals surface area contributed by atoms with E-state index in [1.807, 2.05) is 0 Å². The highest BCUT2D eigenvalue weighted by Gasteiger charge is 2.27. The minimum Gasteiger partial charge on any atom is -0.494 e. The lowest BCUT2D eigenvalue weighted by atomic mass is 9.80. The van der Waals surface area contributed by atoms with Gasteiger partial charge in [0.25, 0.3) is 0 Å². The normalized spacial score (nSPS) is 16.2. The van der Waals surface area contributed by atoms with Gasteiger partial charge in [-0.3, -0.25) is 9.59 Å². The molecule has 0 N–H and O–H groups in total. The Morgan fingerprint density at radius 1 is 0.818 bits per heavy atom. The van der Waals surface area contributed by atoms with Gasteiger partial charge in [0.1, 0.15) is 17.2 Å². The highest BCUT2D eigenvalue weighted by molar-refractivity contribution is 5.93. The van der Waals surface area contributed by atoms with Crippen LogP contribution in [0.25, 0.3) is 0 Å². The van der Waals surface area contributed by atoms with E-state index in [9.17, 15) is 14.4 Å². The van der Waals surface area contributed by atoms with Crippen LogP contribution in [0.1, 0.15) is 118 Å². The maximum absolute atomic E-state index is 12.8. The number of hydrogen-bond acceptors (Lipinski definition) is 7. The Kier molecular flexibility index (Phi) is 16.3. The van der Waals surface area contributed by atoms with E-state index in [-0.39, 0.29) is 28.9 Å². The lowest BCUT2D eigenvalue weighted by Crippen LogP contribution is -2.25. The Morgan fingerprint density at radius 3 is 2.20 bits per heavy atom. The molecule has 1 fully saturated rings. The lowest BCUT2D eigenvalue weighted by Gasteiger charge is -2.27. The summed E-state index contributed by atoms with van der Waals surface area (Å²) in [5, 5.41) is 0. The topological polar surface area (TPSA) is 88.1 Å². The van der Waals surface area contributed by atoms with Crippen LogP contribution in [0.15, 0.2) is 55.1 Å². The molecule has 0 heterocycles. The number of benzene rings is 2. The third-order valence-corrected chi connectivity index (χ3v) is 8.20. The fraction of sp³-hybridized carbons (Fsp3) is 0.541. The van der Waals surface area contributed by atoms with Crippen LogP contribution in [0, 0.1) is 11.8 Å². The number of carbonyl (C=O) groups is 3. The summed E-state index contributed by atoms with van der Waals surface area (Å²) in [5.41, 5.74) is 0.475. The second-order valence-electron chi connectivity index (χ2n) is 11.7. The summed E-state index contributed by atoms with van der Waals surface area (Å²) >= 11 is 0. The molecule has 3 rings (SSSR count). The molecule has 1 aliphatic rings. The number of hydrogen-bond donors (Lipinski definition) is 0. The number of rotatable bonds is 21. The Morgan fingerprint density at radius 2 is 1.50 bits per heavy atom. The minimum absolute atomic E-state index is 0.111. The standard InChI is InChI=1S/C37H50O7/c1-3-5-6-7-10-13-29-14-16-30(17-15-29)36(39)43-34-22-23-35(32(27-34)28-38)44-37(40)31-18-20-33(21-19-31)42-26-12-9-8-11-25-41-24-4-2/h4,18-23,27-30H,2-3,5-17,24-26H2,1H3. The number of esters is 2. The second kappa shape index (κ2) is 20.5. The van der Waals surface area contributed by atoms with Gasteiger partial charge < -0.3 is 18.9 Å². The van der Waals surface area contributed by atoms with Crippen LogP contribution in [0.3, 0.4) is 0 Å². The zero-order chi connectivity index (χ0) is 31.4. The van der Waals surface area contributed by atoms with Crippen molar-refractivity contribution in [1.29, 1.82) is 0 Å². The van der Waals surface area contributed by atoms with Crippen molar-refractivity contribution < 1.29 is 33.3 Å². The molecule has 7 heteroatoms. The van der Waals surface area contributed by atoms with Gasteiger partial charge >= 0.3 is 11.9 Å². The van der Waals surface area contributed by atoms with Crippen LogP contribution < -0.4 is 14.2 Å². The van der Waals surface area contributed by atoms with Gasteiger partial charge in [-0.05, 0) is 93.3 Å². The van der Waals surface area contributed by atoms with Crippen molar-refractivity contribution in [2.45, 2.75) is 96.8 Å². The third-order valence-electron chi connectivity index (χ3n) is 8.20. The van der Waals surface area contributed by atoms with Gasteiger partial charge in [-0.2, -0.15) is 0 Å². The summed E-state index contributed by atoms with van der Waals surface area (Å²) in [5.74, 6) is 0.787. The molecule has 0 aromatic heterocycles. The van der Waals surface area contributed by atoms with Crippen molar-refractivity contribution >= 4 is 18.2 Å². The predicted octanol–water partition coefficient (Wildman–Crippen LogP) is 8.93. The monoisotopic (exact) mass is 606 g/mol. The third kappa shape index (κ3) is 12.7. The van der Waals surface area contributed by atoms with Gasteiger partial charge in [0, 0.05) is 6.61 Å². The predicted molar refractivity (Wildman–Crippen MR) is 173 cm³/mol. The van der Waals surface area contributed by atoms with Crippen molar-refractivity contribution in [3.63, 3.8) is 0 Å². The summed E-state index contributed by atoms with van der Waals surface area (Å²) in [4.78, 5) is 37.3. The first-order chi connectivity index (χ1) is 21.5. The molecule has 0 spiro atoms. The quantitative estimate of drug-likeness (QED) is 0.0461. The van der Waals surface area contributed by atoms with Crippen LogP contribution in [-0.4, -0.2) is 38.0 Å². The van der Waals surface area contributed by atoms with Gasteiger partial charge in [0.05, 0.1) is 30.3 Å². The Labute approximate surface area is 263 Å². The number of ether oxygens (including phenoxy) is 4. The SMILES string of the molecule is C=CCOCCCCCCOc1ccc(C(=O)Oc2ccc(OC(=O)C3CCC(CCCCCCC)CC3)cc2C=O)cc1. The summed E-state index contributed by atoms with van der Waals surface area (Å²) < 4.78 is 22.3. The van der Waals surface area contributed by atoms with Crippen LogP contribution in [0.4, 0.5) is 0 Å². The van der Waals surface area contributed by atoms with E-state index in [2.05, 4.69) is 13.5 Å². The van der Waals surface area contributed by atoms with Gasteiger partial charge in [0.15, 0.2) is 6.29 Å². The molecule has 44 heavy (non-hydrogen) atoms. The highest BCUT2D eigenvalue weighted by Crippen LogP contribution is 2.33. The van der Waals surface area contributed by atoms with E-state index in [1.54, 1.807) is 36.4 Å². The molecule has 0 unspecified atom stereocenters. The molecule has 1 aliphatic carbocycles. The van der Waals surface area contributed by atoms with Gasteiger partial charge in [0.2, 0.25) is 0 Å². The van der Waals surface area contributed by atoms with Gasteiger partial charge in [-0.1, -0.05) is 57.9 Å². The highest BCUT2D eigenvalue weighted by atomic mass is 16.5. The molecular formula is C37H50O7. The maximum atomic E-state index is 12.8. The number of unbranched alkanes of at least 4 members (excludes halogenated alkanes) is 7. The molecule has 0 amide bonds. The fourth-order valence-corrected chi connectivity index (χ4v) is 5.56. The van der Waals surface area contributed by atoms with Crippen molar-refractivity contribution in [3.05, 3.63) is 66.2 Å². The number of aldehydes is 1. The average Bonchev–Trinajstić information content (AvgIpc) is 3.05. The van der Waals surface area contributed by atoms with Gasteiger partial charge in [-0.25, -0.2) is 4.79 Å². The maximum Gasteiger partial charge on any atom is 0.343 e. The molecule has 2 aromatic carbocycles. The summed E-state index contributed by atoms with van der Waals surface area (Å²) in [6.45, 7) is 7.79. The first-order valence-corrected chi connectivity index (χ1v) is 16.5. The van der Waals surface area contributed by atoms with Crippen molar-refractivity contribution in [2.24, 2.45) is 11.8 Å². The van der Waals surface area contributed by atoms with Crippen molar-refractivity contribution in [3.8, 4) is 17.2 Å². The molecule has 240 valence electrons. The zero-order valence-corrected chi connectivity index (χ0v) is 26.4. The fourth-order valence-electron chi connectivity index (χ4n) is 5.56. The molecule has 0 aliphatic heterocycles. The van der Waals surface area contributed by atoms with Crippen molar-refractivity contribution in [1.82, 2.24) is 0 Å². The van der Waals surface area contributed by atoms with Gasteiger partial charge in [-0.15, -0.1) is 6.58 Å². The van der Waals surface area contributed by atoms with Crippen LogP contribution in [0.5, 0.6) is 17.2 Å². The zero-order valence-electron chi connectivity index (χ0n) is 26.4. The van der Waals surface area contributed by atoms with E-state index in [0.717, 1.165) is 58.0 Å². The summed E-state index contributed by atoms with van der Waals surface area (Å²) in [6, 6.07) is 11.2. The Hall–Kier alpha value is -3.45. The second-order valence-corrected chi connectivity index (χ2v) is 11.7. The van der Waals surface area contributed by atoms with E-state index in [1.165, 1.54) is 50.7 Å². The van der Waals surface area contributed by atoms with Crippen LogP contribution in [0.2, 0.25) is 0 Å². The van der Waals surface area contributed by atoms with E-state index in [4.69, 9.17) is 18.9 Å². The van der Waals surface area contributed by atoms with Crippen molar-refractivity contribution in [2.75, 3.05) is 19.8 Å². The van der Waals surface area contributed by atoms with Crippen LogP contribution >= 0.6 is 0 Å². The van der Waals surface area contributed by atoms with E-state index >= 15 is 0 Å².